The molecule has 0 heterocycles. The Balaban J connectivity index is 2.66. The van der Waals surface area contributed by atoms with Gasteiger partial charge in [-0.1, -0.05) is 31.4 Å². The molecular formula is C27H39N5O6. The number of hydrogen-bond acceptors (Lipinski definition) is 7. The number of benzene rings is 1. The van der Waals surface area contributed by atoms with Gasteiger partial charge in [0.25, 0.3) is 0 Å². The van der Waals surface area contributed by atoms with Crippen LogP contribution in [0.15, 0.2) is 49.1 Å². The Morgan fingerprint density at radius 1 is 1.08 bits per heavy atom. The van der Waals surface area contributed by atoms with Crippen molar-refractivity contribution in [2.45, 2.75) is 51.6 Å². The summed E-state index contributed by atoms with van der Waals surface area (Å²) in [6.07, 6.45) is 5.61. The second-order valence-electron chi connectivity index (χ2n) is 8.79. The number of aryl methyl sites for hydroxylation is 2. The van der Waals surface area contributed by atoms with Gasteiger partial charge in [-0.05, 0) is 73.9 Å². The minimum Gasteiger partial charge on any atom is -0.508 e. The maximum Gasteiger partial charge on any atom is 0.407 e. The van der Waals surface area contributed by atoms with Crippen LogP contribution in [0, 0.1) is 13.8 Å². The average Bonchev–Trinajstić information content (AvgIpc) is 2.85. The van der Waals surface area contributed by atoms with Gasteiger partial charge in [-0.25, -0.2) is 4.79 Å². The number of hydrogen-bond donors (Lipinski definition) is 6. The highest BCUT2D eigenvalue weighted by Gasteiger charge is 2.24. The third-order valence-corrected chi connectivity index (χ3v) is 5.66. The highest BCUT2D eigenvalue weighted by molar-refractivity contribution is 5.91. The fourth-order valence-electron chi connectivity index (χ4n) is 3.64. The highest BCUT2D eigenvalue weighted by Crippen LogP contribution is 2.21. The van der Waals surface area contributed by atoms with Gasteiger partial charge in [0, 0.05) is 6.54 Å². The van der Waals surface area contributed by atoms with Crippen LogP contribution in [0.5, 0.6) is 5.75 Å². The monoisotopic (exact) mass is 529 g/mol. The Labute approximate surface area is 223 Å². The van der Waals surface area contributed by atoms with E-state index in [0.29, 0.717) is 18.4 Å². The van der Waals surface area contributed by atoms with Crippen molar-refractivity contribution in [2.24, 2.45) is 11.5 Å². The minimum absolute atomic E-state index is 0.0545. The van der Waals surface area contributed by atoms with E-state index >= 15 is 0 Å². The standard InChI is InChI=1S/C27H39N5O6/c1-5-9-19(6-2)16-38-27(37)30-11-8-7-10-23(26(36)31-15-24(29)34)32-25(35)22(28)14-21-17(3)12-20(33)13-18(21)4/h5-6,9,12-13,22-23,33H,1-2,7-8,10-11,14-16,28H2,3-4H3,(H2,29,34)(H,30,37)(H,31,36)(H,32,35)/b19-9+/t22-,23?/m0/s1. The van der Waals surface area contributed by atoms with E-state index in [0.717, 1.165) is 16.7 Å². The molecule has 2 atom stereocenters. The topological polar surface area (TPSA) is 186 Å². The summed E-state index contributed by atoms with van der Waals surface area (Å²) >= 11 is 0. The van der Waals surface area contributed by atoms with Crippen molar-refractivity contribution in [1.82, 2.24) is 16.0 Å². The zero-order valence-electron chi connectivity index (χ0n) is 22.0. The number of aromatic hydroxyl groups is 1. The molecule has 4 amide bonds. The number of primary amides is 1. The van der Waals surface area contributed by atoms with Crippen LogP contribution in [0.4, 0.5) is 4.79 Å². The first-order valence-electron chi connectivity index (χ1n) is 12.2. The second kappa shape index (κ2) is 16.6. The molecule has 0 bridgehead atoms. The molecule has 0 radical (unpaired) electrons. The lowest BCUT2D eigenvalue weighted by molar-refractivity contribution is -0.130. The molecule has 1 rings (SSSR count). The van der Waals surface area contributed by atoms with Gasteiger partial charge in [-0.2, -0.15) is 0 Å². The van der Waals surface area contributed by atoms with Gasteiger partial charge in [-0.15, -0.1) is 0 Å². The van der Waals surface area contributed by atoms with E-state index in [1.54, 1.807) is 30.4 Å². The molecular weight excluding hydrogens is 490 g/mol. The van der Waals surface area contributed by atoms with Gasteiger partial charge in [0.2, 0.25) is 17.7 Å². The molecule has 11 heteroatoms. The number of nitrogens with one attached hydrogen (secondary N) is 3. The zero-order valence-corrected chi connectivity index (χ0v) is 22.0. The van der Waals surface area contributed by atoms with Crippen LogP contribution >= 0.6 is 0 Å². The van der Waals surface area contributed by atoms with E-state index < -0.39 is 35.9 Å². The van der Waals surface area contributed by atoms with E-state index in [2.05, 4.69) is 29.1 Å². The van der Waals surface area contributed by atoms with Crippen LogP contribution in [-0.4, -0.2) is 60.7 Å². The smallest absolute Gasteiger partial charge is 0.407 e. The van der Waals surface area contributed by atoms with Crippen LogP contribution in [0.3, 0.4) is 0 Å². The number of ether oxygens (including phenoxy) is 1. The molecule has 208 valence electrons. The zero-order chi connectivity index (χ0) is 28.7. The summed E-state index contributed by atoms with van der Waals surface area (Å²) in [6.45, 7) is 10.8. The molecule has 1 aromatic rings. The fraction of sp³-hybridized carbons (Fsp3) is 0.407. The maximum atomic E-state index is 12.8. The number of rotatable bonds is 16. The summed E-state index contributed by atoms with van der Waals surface area (Å²) in [5.41, 5.74) is 14.4. The van der Waals surface area contributed by atoms with Crippen molar-refractivity contribution in [2.75, 3.05) is 19.7 Å². The molecule has 0 aliphatic heterocycles. The molecule has 0 spiro atoms. The molecule has 11 nitrogen and oxygen atoms in total. The number of alkyl carbamates (subject to hydrolysis) is 1. The van der Waals surface area contributed by atoms with E-state index in [-0.39, 0.29) is 38.3 Å². The number of carbonyl (C=O) groups excluding carboxylic acids is 4. The molecule has 1 aromatic carbocycles. The Kier molecular flexibility index (Phi) is 13.9. The van der Waals surface area contributed by atoms with Crippen LogP contribution in [0.1, 0.15) is 36.0 Å². The second-order valence-corrected chi connectivity index (χ2v) is 8.79. The minimum atomic E-state index is -0.957. The van der Waals surface area contributed by atoms with Crippen molar-refractivity contribution < 1.29 is 29.0 Å². The summed E-state index contributed by atoms with van der Waals surface area (Å²) in [4.78, 5) is 48.3. The number of phenols is 1. The van der Waals surface area contributed by atoms with Crippen molar-refractivity contribution >= 4 is 23.8 Å². The quantitative estimate of drug-likeness (QED) is 0.137. The first kappa shape index (κ1) is 31.9. The fourth-order valence-corrected chi connectivity index (χ4v) is 3.64. The average molecular weight is 530 g/mol. The summed E-state index contributed by atoms with van der Waals surface area (Å²) in [6, 6.07) is 1.27. The molecule has 1 unspecified atom stereocenters. The lowest BCUT2D eigenvalue weighted by Gasteiger charge is -2.21. The summed E-state index contributed by atoms with van der Waals surface area (Å²) in [7, 11) is 0. The number of unbranched alkanes of at least 4 members (excludes halogenated alkanes) is 1. The molecule has 0 aliphatic carbocycles. The largest absolute Gasteiger partial charge is 0.508 e. The number of carbonyl (C=O) groups is 4. The molecule has 0 fully saturated rings. The third-order valence-electron chi connectivity index (χ3n) is 5.66. The first-order valence-corrected chi connectivity index (χ1v) is 12.2. The summed E-state index contributed by atoms with van der Waals surface area (Å²) in [5.74, 6) is -1.70. The van der Waals surface area contributed by atoms with Gasteiger partial charge in [-0.3, -0.25) is 14.4 Å². The predicted octanol–water partition coefficient (Wildman–Crippen LogP) is 1.16. The van der Waals surface area contributed by atoms with E-state index in [4.69, 9.17) is 16.2 Å². The molecule has 38 heavy (non-hydrogen) atoms. The number of nitrogens with two attached hydrogens (primary N) is 2. The van der Waals surface area contributed by atoms with Gasteiger partial charge >= 0.3 is 6.09 Å². The highest BCUT2D eigenvalue weighted by atomic mass is 16.5. The van der Waals surface area contributed by atoms with Crippen LogP contribution in [-0.2, 0) is 25.5 Å². The number of phenolic OH excluding ortho intramolecular Hbond substituents is 1. The molecule has 0 aliphatic rings. The Morgan fingerprint density at radius 3 is 2.32 bits per heavy atom. The van der Waals surface area contributed by atoms with E-state index in [9.17, 15) is 24.3 Å². The van der Waals surface area contributed by atoms with Crippen LogP contribution < -0.4 is 27.4 Å². The van der Waals surface area contributed by atoms with Crippen molar-refractivity contribution in [3.8, 4) is 5.75 Å². The van der Waals surface area contributed by atoms with Crippen LogP contribution in [0.25, 0.3) is 0 Å². The normalized spacial score (nSPS) is 12.6. The third kappa shape index (κ3) is 11.7. The maximum absolute atomic E-state index is 12.8. The van der Waals surface area contributed by atoms with Crippen molar-refractivity contribution in [1.29, 1.82) is 0 Å². The Hall–Kier alpha value is -4.12. The summed E-state index contributed by atoms with van der Waals surface area (Å²) in [5, 5.41) is 17.4. The van der Waals surface area contributed by atoms with Crippen molar-refractivity contribution in [3.63, 3.8) is 0 Å². The molecule has 0 aromatic heterocycles. The van der Waals surface area contributed by atoms with Crippen molar-refractivity contribution in [3.05, 3.63) is 65.8 Å². The Bertz CT molecular complexity index is 1030. The Morgan fingerprint density at radius 2 is 1.74 bits per heavy atom. The lowest BCUT2D eigenvalue weighted by atomic mass is 9.95. The van der Waals surface area contributed by atoms with Gasteiger partial charge in [0.1, 0.15) is 18.4 Å². The molecule has 0 saturated heterocycles. The molecule has 8 N–H and O–H groups in total. The first-order chi connectivity index (χ1) is 18.0. The number of amides is 4. The van der Waals surface area contributed by atoms with Gasteiger partial charge in [0.15, 0.2) is 0 Å². The number of allylic oxidation sites excluding steroid dienone is 2. The predicted molar refractivity (Wildman–Crippen MR) is 145 cm³/mol. The molecule has 0 saturated carbocycles. The lowest BCUT2D eigenvalue weighted by Crippen LogP contribution is -2.53. The van der Waals surface area contributed by atoms with Gasteiger partial charge in [0.05, 0.1) is 12.6 Å². The van der Waals surface area contributed by atoms with E-state index in [1.165, 1.54) is 0 Å². The van der Waals surface area contributed by atoms with Gasteiger partial charge < -0.3 is 37.3 Å². The van der Waals surface area contributed by atoms with Crippen LogP contribution in [0.2, 0.25) is 0 Å². The van der Waals surface area contributed by atoms with E-state index in [1.807, 2.05) is 13.8 Å². The summed E-state index contributed by atoms with van der Waals surface area (Å²) < 4.78 is 5.09. The SMILES string of the molecule is C=C/C=C(\C=C)COC(=O)NCCCCC(NC(=O)[C@@H](N)Cc1c(C)cc(O)cc1C)C(=O)NCC(N)=O.